The monoisotopic (exact) mass is 208 g/mol. The van der Waals surface area contributed by atoms with Crippen LogP contribution in [0.2, 0.25) is 0 Å². The summed E-state index contributed by atoms with van der Waals surface area (Å²) in [5, 5.41) is 36.5. The van der Waals surface area contributed by atoms with Crippen LogP contribution in [0.15, 0.2) is 0 Å². The number of ether oxygens (including phenoxy) is 2. The maximum absolute atomic E-state index is 10.8. The fraction of sp³-hybridized carbons (Fsp3) is 0.857. The smallest absolute Gasteiger partial charge is 0.337 e. The van der Waals surface area contributed by atoms with E-state index >= 15 is 0 Å². The molecule has 1 aliphatic heterocycles. The Morgan fingerprint density at radius 1 is 1.36 bits per heavy atom. The minimum atomic E-state index is -1.73. The van der Waals surface area contributed by atoms with Gasteiger partial charge >= 0.3 is 5.97 Å². The molecule has 1 unspecified atom stereocenters. The first-order valence-electron chi connectivity index (χ1n) is 3.94. The first-order valence-corrected chi connectivity index (χ1v) is 3.94. The lowest BCUT2D eigenvalue weighted by molar-refractivity contribution is -0.172. The molecule has 0 aromatic rings. The number of rotatable bonds is 2. The largest absolute Gasteiger partial charge is 0.467 e. The highest BCUT2D eigenvalue weighted by atomic mass is 16.7. The van der Waals surface area contributed by atoms with Gasteiger partial charge in [0.05, 0.1) is 7.11 Å². The summed E-state index contributed by atoms with van der Waals surface area (Å²) in [5.41, 5.74) is 0. The van der Waals surface area contributed by atoms with Crippen LogP contribution in [0.5, 0.6) is 0 Å². The fourth-order valence-corrected chi connectivity index (χ4v) is 1.20. The first-order chi connectivity index (χ1) is 6.49. The van der Waals surface area contributed by atoms with Gasteiger partial charge in [0, 0.05) is 0 Å². The van der Waals surface area contributed by atoms with Gasteiger partial charge in [-0.25, -0.2) is 4.79 Å². The van der Waals surface area contributed by atoms with Crippen molar-refractivity contribution in [1.82, 2.24) is 0 Å². The van der Waals surface area contributed by atoms with E-state index < -0.39 is 36.7 Å². The Bertz CT molecular complexity index is 218. The summed E-state index contributed by atoms with van der Waals surface area (Å²) in [6, 6.07) is 0. The molecule has 0 radical (unpaired) electrons. The highest BCUT2D eigenvalue weighted by Gasteiger charge is 2.47. The van der Waals surface area contributed by atoms with Crippen LogP contribution in [0.1, 0.15) is 0 Å². The third-order valence-corrected chi connectivity index (χ3v) is 2.03. The number of methoxy groups -OCH3 is 1. The van der Waals surface area contributed by atoms with E-state index in [9.17, 15) is 15.0 Å². The maximum Gasteiger partial charge on any atom is 0.337 e. The first kappa shape index (κ1) is 11.3. The van der Waals surface area contributed by atoms with Crippen molar-refractivity contribution in [3.8, 4) is 0 Å². The molecule has 7 heteroatoms. The van der Waals surface area contributed by atoms with Crippen LogP contribution in [-0.4, -0.2) is 64.2 Å². The van der Waals surface area contributed by atoms with Gasteiger partial charge in [-0.2, -0.15) is 0 Å². The minimum Gasteiger partial charge on any atom is -0.467 e. The molecule has 4 N–H and O–H groups in total. The van der Waals surface area contributed by atoms with Crippen LogP contribution >= 0.6 is 0 Å². The van der Waals surface area contributed by atoms with E-state index in [0.29, 0.717) is 0 Å². The molecule has 0 aliphatic carbocycles. The molecule has 0 saturated carbocycles. The lowest BCUT2D eigenvalue weighted by Crippen LogP contribution is -2.43. The molecule has 1 aliphatic rings. The van der Waals surface area contributed by atoms with Gasteiger partial charge in [0.25, 0.3) is 0 Å². The SMILES string of the molecule is COC(=O)[C@@H](O)[C@H]1OC(O)[C@H](O)[C@H]1O. The summed E-state index contributed by atoms with van der Waals surface area (Å²) in [5.74, 6) is -1.00. The molecule has 0 amide bonds. The molecular weight excluding hydrogens is 196 g/mol. The van der Waals surface area contributed by atoms with E-state index in [1.807, 2.05) is 0 Å². The number of esters is 1. The topological polar surface area (TPSA) is 116 Å². The van der Waals surface area contributed by atoms with Gasteiger partial charge in [-0.05, 0) is 0 Å². The maximum atomic E-state index is 10.8. The Balaban J connectivity index is 2.66. The van der Waals surface area contributed by atoms with Crippen molar-refractivity contribution in [2.45, 2.75) is 30.7 Å². The van der Waals surface area contributed by atoms with Crippen LogP contribution in [-0.2, 0) is 14.3 Å². The fourth-order valence-electron chi connectivity index (χ4n) is 1.20. The van der Waals surface area contributed by atoms with Crippen molar-refractivity contribution in [2.24, 2.45) is 0 Å². The summed E-state index contributed by atoms with van der Waals surface area (Å²) in [6.45, 7) is 0. The van der Waals surface area contributed by atoms with Gasteiger partial charge in [-0.3, -0.25) is 0 Å². The van der Waals surface area contributed by atoms with Crippen molar-refractivity contribution in [3.05, 3.63) is 0 Å². The Labute approximate surface area is 79.5 Å². The van der Waals surface area contributed by atoms with Gasteiger partial charge in [0.15, 0.2) is 12.4 Å². The zero-order chi connectivity index (χ0) is 10.9. The van der Waals surface area contributed by atoms with Gasteiger partial charge in [0.2, 0.25) is 0 Å². The highest BCUT2D eigenvalue weighted by molar-refractivity contribution is 5.75. The number of carbonyl (C=O) groups is 1. The Hall–Kier alpha value is -0.730. The molecule has 0 aromatic carbocycles. The zero-order valence-corrected chi connectivity index (χ0v) is 7.40. The number of hydrogen-bond donors (Lipinski definition) is 4. The summed E-state index contributed by atoms with van der Waals surface area (Å²) in [6.07, 6.45) is -7.80. The molecule has 0 aromatic heterocycles. The van der Waals surface area contributed by atoms with Crippen LogP contribution in [0.4, 0.5) is 0 Å². The lowest BCUT2D eigenvalue weighted by Gasteiger charge is -2.18. The van der Waals surface area contributed by atoms with Crippen LogP contribution < -0.4 is 0 Å². The lowest BCUT2D eigenvalue weighted by atomic mass is 10.1. The summed E-state index contributed by atoms with van der Waals surface area (Å²) >= 11 is 0. The van der Waals surface area contributed by atoms with Gasteiger partial charge in [0.1, 0.15) is 18.3 Å². The van der Waals surface area contributed by atoms with E-state index in [1.165, 1.54) is 0 Å². The molecule has 1 rings (SSSR count). The van der Waals surface area contributed by atoms with E-state index in [-0.39, 0.29) is 0 Å². The Morgan fingerprint density at radius 3 is 2.29 bits per heavy atom. The van der Waals surface area contributed by atoms with Gasteiger partial charge in [-0.1, -0.05) is 0 Å². The van der Waals surface area contributed by atoms with Crippen molar-refractivity contribution in [1.29, 1.82) is 0 Å². The number of aliphatic hydroxyl groups excluding tert-OH is 4. The van der Waals surface area contributed by atoms with E-state index in [0.717, 1.165) is 7.11 Å². The van der Waals surface area contributed by atoms with Crippen molar-refractivity contribution in [2.75, 3.05) is 7.11 Å². The molecule has 0 spiro atoms. The average molecular weight is 208 g/mol. The molecule has 1 saturated heterocycles. The molecule has 14 heavy (non-hydrogen) atoms. The molecule has 5 atom stereocenters. The summed E-state index contributed by atoms with van der Waals surface area (Å²) < 4.78 is 8.78. The standard InChI is InChI=1S/C7H12O7/c1-13-6(11)4(10)5-2(8)3(9)7(12)14-5/h2-5,7-10,12H,1H3/t2-,3-,4+,5+,7?/m1/s1. The van der Waals surface area contributed by atoms with E-state index in [1.54, 1.807) is 0 Å². The molecular formula is C7H12O7. The average Bonchev–Trinajstić information content (AvgIpc) is 2.43. The summed E-state index contributed by atoms with van der Waals surface area (Å²) in [4.78, 5) is 10.8. The normalized spacial score (nSPS) is 39.5. The van der Waals surface area contributed by atoms with Crippen molar-refractivity contribution >= 4 is 5.97 Å². The number of carbonyl (C=O) groups excluding carboxylic acids is 1. The molecule has 1 heterocycles. The van der Waals surface area contributed by atoms with Crippen LogP contribution in [0.3, 0.4) is 0 Å². The second-order valence-corrected chi connectivity index (χ2v) is 2.94. The molecule has 7 nitrogen and oxygen atoms in total. The summed E-state index contributed by atoms with van der Waals surface area (Å²) in [7, 11) is 1.06. The molecule has 0 bridgehead atoms. The van der Waals surface area contributed by atoms with Crippen LogP contribution in [0, 0.1) is 0 Å². The predicted molar refractivity (Wildman–Crippen MR) is 40.9 cm³/mol. The Morgan fingerprint density at radius 2 is 1.93 bits per heavy atom. The molecule has 1 fully saturated rings. The second kappa shape index (κ2) is 4.20. The number of aliphatic hydroxyl groups is 4. The van der Waals surface area contributed by atoms with Crippen molar-refractivity contribution in [3.63, 3.8) is 0 Å². The van der Waals surface area contributed by atoms with Crippen LogP contribution in [0.25, 0.3) is 0 Å². The zero-order valence-electron chi connectivity index (χ0n) is 7.40. The van der Waals surface area contributed by atoms with Gasteiger partial charge < -0.3 is 29.9 Å². The van der Waals surface area contributed by atoms with E-state index in [2.05, 4.69) is 9.47 Å². The minimum absolute atomic E-state index is 1.00. The van der Waals surface area contributed by atoms with Crippen molar-refractivity contribution < 1.29 is 34.7 Å². The third kappa shape index (κ3) is 1.86. The van der Waals surface area contributed by atoms with E-state index in [4.69, 9.17) is 10.2 Å². The van der Waals surface area contributed by atoms with Gasteiger partial charge in [-0.15, -0.1) is 0 Å². The number of hydrogen-bond acceptors (Lipinski definition) is 7. The Kier molecular flexibility index (Phi) is 3.40. The highest BCUT2D eigenvalue weighted by Crippen LogP contribution is 2.22. The molecule has 82 valence electrons. The quantitative estimate of drug-likeness (QED) is 0.356. The third-order valence-electron chi connectivity index (χ3n) is 2.03. The second-order valence-electron chi connectivity index (χ2n) is 2.94. The predicted octanol–water partition coefficient (Wildman–Crippen LogP) is -3.04.